The van der Waals surface area contributed by atoms with Crippen molar-refractivity contribution in [1.29, 1.82) is 0 Å². The Hall–Kier alpha value is -0.660. The van der Waals surface area contributed by atoms with Crippen molar-refractivity contribution in [2.24, 2.45) is 0 Å². The van der Waals surface area contributed by atoms with Gasteiger partial charge in [-0.3, -0.25) is 4.55 Å². The minimum Gasteiger partial charge on any atom is -0.381 e. The Morgan fingerprint density at radius 2 is 1.47 bits per heavy atom. The predicted octanol–water partition coefficient (Wildman–Crippen LogP) is 2.47. The highest BCUT2D eigenvalue weighted by Gasteiger charge is 2.20. The Bertz CT molecular complexity index is 306. The van der Waals surface area contributed by atoms with Crippen molar-refractivity contribution < 1.29 is 27.1 Å². The third-order valence-corrected chi connectivity index (χ3v) is 2.68. The molecule has 0 aromatic heterocycles. The molecule has 0 aliphatic heterocycles. The van der Waals surface area contributed by atoms with Crippen LogP contribution >= 0.6 is 0 Å². The fourth-order valence-corrected chi connectivity index (χ4v) is 1.50. The number of carbonyl (C=O) groups is 1. The van der Waals surface area contributed by atoms with Gasteiger partial charge in [0.2, 0.25) is 0 Å². The zero-order valence-electron chi connectivity index (χ0n) is 12.0. The summed E-state index contributed by atoms with van der Waals surface area (Å²) in [6.45, 7) is 5.97. The van der Waals surface area contributed by atoms with Gasteiger partial charge in [-0.25, -0.2) is 4.79 Å². The molecule has 0 bridgehead atoms. The second kappa shape index (κ2) is 12.4. The molecule has 0 rings (SSSR count). The lowest BCUT2D eigenvalue weighted by molar-refractivity contribution is -0.143. The van der Waals surface area contributed by atoms with E-state index in [-0.39, 0.29) is 6.42 Å². The summed E-state index contributed by atoms with van der Waals surface area (Å²) in [5.74, 6) is -1.38. The molecule has 0 aliphatic rings. The summed E-state index contributed by atoms with van der Waals surface area (Å²) < 4.78 is 31.1. The van der Waals surface area contributed by atoms with E-state index in [1.807, 2.05) is 0 Å². The highest BCUT2D eigenvalue weighted by molar-refractivity contribution is 7.81. The molecular formula is C12H26O6S. The predicted molar refractivity (Wildman–Crippen MR) is 73.0 cm³/mol. The first kappa shape index (κ1) is 20.7. The van der Waals surface area contributed by atoms with Gasteiger partial charge in [-0.2, -0.15) is 8.42 Å². The van der Waals surface area contributed by atoms with E-state index in [9.17, 15) is 13.2 Å². The smallest absolute Gasteiger partial charge is 0.381 e. The van der Waals surface area contributed by atoms with Crippen molar-refractivity contribution in [2.75, 3.05) is 0 Å². The number of rotatable bonds is 8. The Balaban J connectivity index is 0. The molecular weight excluding hydrogens is 272 g/mol. The quantitative estimate of drug-likeness (QED) is 0.527. The molecule has 2 N–H and O–H groups in total. The van der Waals surface area contributed by atoms with E-state index < -0.39 is 22.5 Å². The van der Waals surface area contributed by atoms with Crippen LogP contribution in [-0.4, -0.2) is 30.2 Å². The topological polar surface area (TPSA) is 101 Å². The Morgan fingerprint density at radius 3 is 1.74 bits per heavy atom. The third-order valence-electron chi connectivity index (χ3n) is 2.30. The second-order valence-corrected chi connectivity index (χ2v) is 5.19. The number of unbranched alkanes of at least 4 members (excludes halogenated alkanes) is 5. The highest BCUT2D eigenvalue weighted by Crippen LogP contribution is 2.03. The van der Waals surface area contributed by atoms with Gasteiger partial charge in [-0.15, -0.1) is 0 Å². The number of carbonyl (C=O) groups excluding carboxylic acids is 1. The summed E-state index contributed by atoms with van der Waals surface area (Å²) in [6, 6.07) is 0. The molecule has 0 heterocycles. The van der Waals surface area contributed by atoms with Gasteiger partial charge >= 0.3 is 16.4 Å². The van der Waals surface area contributed by atoms with Crippen molar-refractivity contribution in [3.05, 3.63) is 0 Å². The summed E-state index contributed by atoms with van der Waals surface area (Å²) in [7, 11) is -4.79. The molecule has 0 spiro atoms. The van der Waals surface area contributed by atoms with E-state index in [1.54, 1.807) is 0 Å². The fourth-order valence-electron chi connectivity index (χ4n) is 1.18. The van der Waals surface area contributed by atoms with Crippen molar-refractivity contribution in [3.8, 4) is 0 Å². The summed E-state index contributed by atoms with van der Waals surface area (Å²) in [4.78, 5) is 10.4. The molecule has 0 aliphatic carbocycles. The average Bonchev–Trinajstić information content (AvgIpc) is 2.32. The maximum Gasteiger partial charge on any atom is 0.449 e. The van der Waals surface area contributed by atoms with Crippen LogP contribution in [0.2, 0.25) is 0 Å². The SMILES string of the molecule is CCC(O)C(=O)OS(=O)(=O)O.CCCCCCCC. The first-order valence-electron chi connectivity index (χ1n) is 6.67. The van der Waals surface area contributed by atoms with Crippen LogP contribution in [0.4, 0.5) is 0 Å². The molecule has 0 aromatic carbocycles. The van der Waals surface area contributed by atoms with Gasteiger partial charge < -0.3 is 9.29 Å². The lowest BCUT2D eigenvalue weighted by Crippen LogP contribution is -2.24. The van der Waals surface area contributed by atoms with E-state index in [2.05, 4.69) is 18.0 Å². The maximum absolute atomic E-state index is 10.4. The molecule has 0 radical (unpaired) electrons. The van der Waals surface area contributed by atoms with Crippen LogP contribution < -0.4 is 0 Å². The molecule has 0 fully saturated rings. The van der Waals surface area contributed by atoms with Gasteiger partial charge in [0.05, 0.1) is 0 Å². The van der Waals surface area contributed by atoms with Crippen LogP contribution in [0.25, 0.3) is 0 Å². The zero-order chi connectivity index (χ0) is 15.3. The molecule has 0 saturated carbocycles. The summed E-state index contributed by atoms with van der Waals surface area (Å²) >= 11 is 0. The average molecular weight is 298 g/mol. The number of hydrogen-bond donors (Lipinski definition) is 2. The first-order valence-corrected chi connectivity index (χ1v) is 8.03. The minimum absolute atomic E-state index is 0.0222. The first-order chi connectivity index (χ1) is 8.78. The monoisotopic (exact) mass is 298 g/mol. The molecule has 0 saturated heterocycles. The number of hydrogen-bond acceptors (Lipinski definition) is 5. The minimum atomic E-state index is -4.79. The van der Waals surface area contributed by atoms with Gasteiger partial charge in [0, 0.05) is 0 Å². The highest BCUT2D eigenvalue weighted by atomic mass is 32.3. The van der Waals surface area contributed by atoms with Crippen molar-refractivity contribution >= 4 is 16.4 Å². The normalized spacial score (nSPS) is 12.3. The van der Waals surface area contributed by atoms with Crippen molar-refractivity contribution in [2.45, 2.75) is 71.8 Å². The van der Waals surface area contributed by atoms with Crippen LogP contribution in [0.15, 0.2) is 0 Å². The van der Waals surface area contributed by atoms with E-state index in [1.165, 1.54) is 45.4 Å². The van der Waals surface area contributed by atoms with E-state index >= 15 is 0 Å². The zero-order valence-corrected chi connectivity index (χ0v) is 12.8. The Labute approximate surface area is 116 Å². The maximum atomic E-state index is 10.4. The van der Waals surface area contributed by atoms with Crippen LogP contribution in [0.5, 0.6) is 0 Å². The van der Waals surface area contributed by atoms with E-state index in [4.69, 9.17) is 9.66 Å². The number of aliphatic hydroxyl groups is 1. The molecule has 0 amide bonds. The van der Waals surface area contributed by atoms with Crippen LogP contribution in [-0.2, 0) is 19.4 Å². The van der Waals surface area contributed by atoms with Crippen LogP contribution in [0.1, 0.15) is 65.7 Å². The second-order valence-electron chi connectivity index (χ2n) is 4.17. The van der Waals surface area contributed by atoms with Crippen LogP contribution in [0.3, 0.4) is 0 Å². The Kier molecular flexibility index (Phi) is 13.5. The fraction of sp³-hybridized carbons (Fsp3) is 0.917. The molecule has 19 heavy (non-hydrogen) atoms. The summed E-state index contributed by atoms with van der Waals surface area (Å²) in [6.07, 6.45) is 6.99. The molecule has 116 valence electrons. The molecule has 0 aromatic rings. The van der Waals surface area contributed by atoms with Gasteiger partial charge in [0.15, 0.2) is 6.10 Å². The lowest BCUT2D eigenvalue weighted by atomic mass is 10.1. The molecule has 7 heteroatoms. The van der Waals surface area contributed by atoms with Gasteiger partial charge in [0.25, 0.3) is 0 Å². The van der Waals surface area contributed by atoms with Gasteiger partial charge in [-0.05, 0) is 6.42 Å². The molecule has 1 atom stereocenters. The van der Waals surface area contributed by atoms with Gasteiger partial charge in [-0.1, -0.05) is 59.3 Å². The summed E-state index contributed by atoms with van der Waals surface area (Å²) in [5, 5.41) is 8.64. The molecule has 6 nitrogen and oxygen atoms in total. The molecule has 1 unspecified atom stereocenters. The standard InChI is InChI=1S/C8H18.C4H8O6S/c1-3-5-7-8-6-4-2;1-2-3(5)4(6)10-11(7,8)9/h3-8H2,1-2H3;3,5H,2H2,1H3,(H,7,8,9). The van der Waals surface area contributed by atoms with Crippen molar-refractivity contribution in [3.63, 3.8) is 0 Å². The van der Waals surface area contributed by atoms with Crippen molar-refractivity contribution in [1.82, 2.24) is 0 Å². The van der Waals surface area contributed by atoms with Gasteiger partial charge in [0.1, 0.15) is 0 Å². The largest absolute Gasteiger partial charge is 0.449 e. The third kappa shape index (κ3) is 17.3. The Morgan fingerprint density at radius 1 is 1.05 bits per heavy atom. The lowest BCUT2D eigenvalue weighted by Gasteiger charge is -2.03. The summed E-state index contributed by atoms with van der Waals surface area (Å²) in [5.41, 5.74) is 0. The van der Waals surface area contributed by atoms with E-state index in [0.717, 1.165) is 0 Å². The number of aliphatic hydroxyl groups excluding tert-OH is 1. The van der Waals surface area contributed by atoms with E-state index in [0.29, 0.717) is 0 Å². The van der Waals surface area contributed by atoms with Crippen LogP contribution in [0, 0.1) is 0 Å².